The van der Waals surface area contributed by atoms with Crippen molar-refractivity contribution < 1.29 is 0 Å². The van der Waals surface area contributed by atoms with Crippen molar-refractivity contribution in [1.29, 1.82) is 0 Å². The fourth-order valence-corrected chi connectivity index (χ4v) is 3.33. The van der Waals surface area contributed by atoms with Gasteiger partial charge in [0.05, 0.1) is 15.9 Å². The van der Waals surface area contributed by atoms with Gasteiger partial charge in [-0.25, -0.2) is 0 Å². The molecule has 2 heterocycles. The molecule has 0 saturated carbocycles. The maximum atomic E-state index is 4.58. The maximum Gasteiger partial charge on any atom is 0.0766 e. The number of nitrogens with one attached hydrogen (secondary N) is 1. The predicted molar refractivity (Wildman–Crippen MR) is 89.4 cm³/mol. The molecule has 2 aromatic rings. The molecule has 1 unspecified atom stereocenters. The Morgan fingerprint density at radius 1 is 1.29 bits per heavy atom. The summed E-state index contributed by atoms with van der Waals surface area (Å²) in [7, 11) is 2.02. The summed E-state index contributed by atoms with van der Waals surface area (Å²) in [5, 5.41) is 8.13. The Morgan fingerprint density at radius 3 is 2.67 bits per heavy atom. The van der Waals surface area contributed by atoms with E-state index in [1.165, 1.54) is 5.69 Å². The Balaban J connectivity index is 2.14. The highest BCUT2D eigenvalue weighted by Gasteiger charge is 2.18. The van der Waals surface area contributed by atoms with Gasteiger partial charge in [-0.1, -0.05) is 19.9 Å². The van der Waals surface area contributed by atoms with E-state index >= 15 is 0 Å². The Morgan fingerprint density at radius 2 is 2.10 bits per heavy atom. The highest BCUT2D eigenvalue weighted by atomic mass is 79.9. The molecular weight excluding hydrogens is 328 g/mol. The van der Waals surface area contributed by atoms with Gasteiger partial charge in [0.25, 0.3) is 0 Å². The van der Waals surface area contributed by atoms with Crippen molar-refractivity contribution in [2.75, 3.05) is 6.54 Å². The monoisotopic (exact) mass is 350 g/mol. The molecule has 0 spiro atoms. The summed E-state index contributed by atoms with van der Waals surface area (Å²) in [6.45, 7) is 5.22. The van der Waals surface area contributed by atoms with Crippen LogP contribution >= 0.6 is 15.9 Å². The van der Waals surface area contributed by atoms with Gasteiger partial charge in [-0.3, -0.25) is 9.67 Å². The van der Waals surface area contributed by atoms with E-state index in [4.69, 9.17) is 0 Å². The van der Waals surface area contributed by atoms with Crippen molar-refractivity contribution in [3.05, 3.63) is 46.0 Å². The largest absolute Gasteiger partial charge is 0.313 e. The van der Waals surface area contributed by atoms with Crippen molar-refractivity contribution in [2.24, 2.45) is 7.05 Å². The number of hydrogen-bond acceptors (Lipinski definition) is 3. The van der Waals surface area contributed by atoms with E-state index in [1.54, 1.807) is 0 Å². The molecule has 2 rings (SSSR count). The standard InChI is InChI=1S/C16H23BrN4/c1-4-14-16(17)15(21(3)20-14)11-13(18-5-2)10-12-8-6-7-9-19-12/h6-9,13,18H,4-5,10-11H2,1-3H3. The van der Waals surface area contributed by atoms with Crippen LogP contribution in [0.25, 0.3) is 0 Å². The number of aromatic nitrogens is 3. The second-order valence-corrected chi connectivity index (χ2v) is 5.96. The molecule has 5 heteroatoms. The summed E-state index contributed by atoms with van der Waals surface area (Å²) in [6, 6.07) is 6.44. The van der Waals surface area contributed by atoms with Gasteiger partial charge in [0.2, 0.25) is 0 Å². The Labute approximate surface area is 135 Å². The molecule has 114 valence electrons. The van der Waals surface area contributed by atoms with Crippen LogP contribution in [0.4, 0.5) is 0 Å². The lowest BCUT2D eigenvalue weighted by Crippen LogP contribution is -2.34. The second-order valence-electron chi connectivity index (χ2n) is 5.17. The quantitative estimate of drug-likeness (QED) is 0.834. The summed E-state index contributed by atoms with van der Waals surface area (Å²) in [4.78, 5) is 4.43. The van der Waals surface area contributed by atoms with E-state index in [2.05, 4.69) is 51.2 Å². The average Bonchev–Trinajstić information content (AvgIpc) is 2.76. The van der Waals surface area contributed by atoms with Crippen LogP contribution in [0.15, 0.2) is 28.9 Å². The minimum atomic E-state index is 0.362. The molecule has 1 atom stereocenters. The lowest BCUT2D eigenvalue weighted by molar-refractivity contribution is 0.499. The van der Waals surface area contributed by atoms with Gasteiger partial charge in [-0.05, 0) is 41.0 Å². The number of halogens is 1. The minimum absolute atomic E-state index is 0.362. The fourth-order valence-electron chi connectivity index (χ4n) is 2.55. The normalized spacial score (nSPS) is 12.6. The number of pyridine rings is 1. The minimum Gasteiger partial charge on any atom is -0.313 e. The first-order valence-corrected chi connectivity index (χ1v) is 8.28. The molecule has 0 saturated heterocycles. The SMILES string of the molecule is CCNC(Cc1ccccn1)Cc1c(Br)c(CC)nn1C. The first-order valence-electron chi connectivity index (χ1n) is 7.49. The van der Waals surface area contributed by atoms with Gasteiger partial charge >= 0.3 is 0 Å². The van der Waals surface area contributed by atoms with E-state index in [1.807, 2.05) is 30.1 Å². The fraction of sp³-hybridized carbons (Fsp3) is 0.500. The third-order valence-corrected chi connectivity index (χ3v) is 4.53. The molecular formula is C16H23BrN4. The van der Waals surface area contributed by atoms with Crippen LogP contribution in [0.1, 0.15) is 30.9 Å². The number of nitrogens with zero attached hydrogens (tertiary/aromatic N) is 3. The van der Waals surface area contributed by atoms with Gasteiger partial charge in [0.1, 0.15) is 0 Å². The molecule has 0 amide bonds. The highest BCUT2D eigenvalue weighted by molar-refractivity contribution is 9.10. The van der Waals surface area contributed by atoms with Crippen molar-refractivity contribution in [1.82, 2.24) is 20.1 Å². The Bertz CT molecular complexity index is 565. The smallest absolute Gasteiger partial charge is 0.0766 e. The molecule has 0 aliphatic rings. The molecule has 0 aliphatic heterocycles. The summed E-state index contributed by atoms with van der Waals surface area (Å²) in [5.74, 6) is 0. The van der Waals surface area contributed by atoms with Crippen LogP contribution in [0.2, 0.25) is 0 Å². The predicted octanol–water partition coefficient (Wildman–Crippen LogP) is 2.90. The van der Waals surface area contributed by atoms with E-state index < -0.39 is 0 Å². The van der Waals surface area contributed by atoms with Crippen LogP contribution in [0, 0.1) is 0 Å². The molecule has 0 bridgehead atoms. The third-order valence-electron chi connectivity index (χ3n) is 3.62. The Kier molecular flexibility index (Phi) is 5.94. The van der Waals surface area contributed by atoms with Gasteiger partial charge in [0, 0.05) is 37.8 Å². The lowest BCUT2D eigenvalue weighted by Gasteiger charge is -2.18. The van der Waals surface area contributed by atoms with E-state index in [9.17, 15) is 0 Å². The Hall–Kier alpha value is -1.20. The summed E-state index contributed by atoms with van der Waals surface area (Å²) in [5.41, 5.74) is 3.49. The zero-order valence-electron chi connectivity index (χ0n) is 12.9. The molecule has 4 nitrogen and oxygen atoms in total. The zero-order chi connectivity index (χ0) is 15.2. The van der Waals surface area contributed by atoms with Gasteiger partial charge in [-0.2, -0.15) is 5.10 Å². The van der Waals surface area contributed by atoms with Crippen molar-refractivity contribution in [3.8, 4) is 0 Å². The van der Waals surface area contributed by atoms with Gasteiger partial charge in [0.15, 0.2) is 0 Å². The van der Waals surface area contributed by atoms with Crippen molar-refractivity contribution in [3.63, 3.8) is 0 Å². The third kappa shape index (κ3) is 4.14. The summed E-state index contributed by atoms with van der Waals surface area (Å²) >= 11 is 3.70. The van der Waals surface area contributed by atoms with E-state index in [0.717, 1.165) is 41.7 Å². The van der Waals surface area contributed by atoms with E-state index in [-0.39, 0.29) is 0 Å². The van der Waals surface area contributed by atoms with Crippen LogP contribution < -0.4 is 5.32 Å². The first-order chi connectivity index (χ1) is 10.2. The molecule has 0 aliphatic carbocycles. The second kappa shape index (κ2) is 7.71. The van der Waals surface area contributed by atoms with E-state index in [0.29, 0.717) is 6.04 Å². The average molecular weight is 351 g/mol. The molecule has 0 aromatic carbocycles. The topological polar surface area (TPSA) is 42.7 Å². The van der Waals surface area contributed by atoms with Gasteiger partial charge < -0.3 is 5.32 Å². The maximum absolute atomic E-state index is 4.58. The number of rotatable bonds is 7. The van der Waals surface area contributed by atoms with Crippen LogP contribution in [-0.2, 0) is 26.3 Å². The van der Waals surface area contributed by atoms with Crippen LogP contribution in [-0.4, -0.2) is 27.4 Å². The molecule has 21 heavy (non-hydrogen) atoms. The van der Waals surface area contributed by atoms with Crippen LogP contribution in [0.3, 0.4) is 0 Å². The lowest BCUT2D eigenvalue weighted by atomic mass is 10.0. The summed E-state index contributed by atoms with van der Waals surface area (Å²) < 4.78 is 3.14. The number of likely N-dealkylation sites (N-methyl/N-ethyl adjacent to an activating group) is 1. The van der Waals surface area contributed by atoms with Gasteiger partial charge in [-0.15, -0.1) is 0 Å². The molecule has 0 fully saturated rings. The van der Waals surface area contributed by atoms with Crippen molar-refractivity contribution >= 4 is 15.9 Å². The highest BCUT2D eigenvalue weighted by Crippen LogP contribution is 2.23. The first kappa shape index (κ1) is 16.2. The zero-order valence-corrected chi connectivity index (χ0v) is 14.5. The molecule has 1 N–H and O–H groups in total. The summed E-state index contributed by atoms with van der Waals surface area (Å²) in [6.07, 6.45) is 4.66. The molecule has 0 radical (unpaired) electrons. The number of aryl methyl sites for hydroxylation is 2. The van der Waals surface area contributed by atoms with Crippen LogP contribution in [0.5, 0.6) is 0 Å². The van der Waals surface area contributed by atoms with Crippen molar-refractivity contribution in [2.45, 2.75) is 39.2 Å². The number of hydrogen-bond donors (Lipinski definition) is 1. The molecule has 2 aromatic heterocycles.